The number of unbranched alkanes of at least 4 members (excludes halogenated alkanes) is 19. The number of ketones is 1. The molecule has 1 N–H and O–H groups in total. The van der Waals surface area contributed by atoms with Gasteiger partial charge in [0, 0.05) is 6.42 Å². The lowest BCUT2D eigenvalue weighted by Crippen LogP contribution is -2.27. The normalized spacial score (nSPS) is 12.1. The maximum atomic E-state index is 12.7. The lowest BCUT2D eigenvalue weighted by molar-refractivity contribution is -0.153. The Balaban J connectivity index is 3.96. The molecule has 0 radical (unpaired) electrons. The highest BCUT2D eigenvalue weighted by Gasteiger charge is 2.26. The van der Waals surface area contributed by atoms with Crippen molar-refractivity contribution in [1.29, 1.82) is 0 Å². The summed E-state index contributed by atoms with van der Waals surface area (Å²) < 4.78 is 5.11. The Hall–Kier alpha value is -0.900. The van der Waals surface area contributed by atoms with Gasteiger partial charge >= 0.3 is 5.97 Å². The summed E-state index contributed by atoms with van der Waals surface area (Å²) in [6.07, 6.45) is 27.2. The molecule has 0 rings (SSSR count). The summed E-state index contributed by atoms with van der Waals surface area (Å²) in [5.74, 6) is -1.03. The van der Waals surface area contributed by atoms with Crippen molar-refractivity contribution >= 4 is 11.8 Å². The van der Waals surface area contributed by atoms with E-state index in [2.05, 4.69) is 13.8 Å². The number of hydrogen-bond donors (Lipinski definition) is 1. The second kappa shape index (κ2) is 26.7. The van der Waals surface area contributed by atoms with Gasteiger partial charge in [-0.15, -0.1) is 0 Å². The fourth-order valence-corrected chi connectivity index (χ4v) is 4.63. The molecule has 1 unspecified atom stereocenters. The summed E-state index contributed by atoms with van der Waals surface area (Å²) in [5, 5.41) is 8.95. The van der Waals surface area contributed by atoms with Crippen molar-refractivity contribution in [2.75, 3.05) is 13.2 Å². The van der Waals surface area contributed by atoms with Crippen molar-refractivity contribution in [3.8, 4) is 0 Å². The van der Waals surface area contributed by atoms with Crippen LogP contribution in [-0.4, -0.2) is 30.1 Å². The molecule has 0 aliphatic rings. The van der Waals surface area contributed by atoms with Crippen LogP contribution >= 0.6 is 0 Å². The van der Waals surface area contributed by atoms with E-state index < -0.39 is 11.9 Å². The summed E-state index contributed by atoms with van der Waals surface area (Å²) in [4.78, 5) is 25.1. The van der Waals surface area contributed by atoms with Crippen LogP contribution in [0.2, 0.25) is 0 Å². The molecule has 4 heteroatoms. The van der Waals surface area contributed by atoms with Crippen molar-refractivity contribution < 1.29 is 19.4 Å². The average Bonchev–Trinajstić information content (AvgIpc) is 2.84. The van der Waals surface area contributed by atoms with Gasteiger partial charge in [0.1, 0.15) is 18.3 Å². The number of Topliss-reactive ketones (excluding diaryl/α,β-unsaturated/α-hetero) is 1. The fourth-order valence-electron chi connectivity index (χ4n) is 4.63. The van der Waals surface area contributed by atoms with Gasteiger partial charge in [0.2, 0.25) is 0 Å². The van der Waals surface area contributed by atoms with Crippen LogP contribution in [0.25, 0.3) is 0 Å². The summed E-state index contributed by atoms with van der Waals surface area (Å²) >= 11 is 0. The van der Waals surface area contributed by atoms with Crippen LogP contribution in [0.3, 0.4) is 0 Å². The predicted molar refractivity (Wildman–Crippen MR) is 144 cm³/mol. The quantitative estimate of drug-likeness (QED) is 0.0722. The minimum Gasteiger partial charge on any atom is -0.463 e. The lowest BCUT2D eigenvalue weighted by Gasteiger charge is -2.15. The van der Waals surface area contributed by atoms with E-state index >= 15 is 0 Å². The second-order valence-electron chi connectivity index (χ2n) is 10.2. The van der Waals surface area contributed by atoms with Gasteiger partial charge in [0.15, 0.2) is 0 Å². The molecular formula is C30H58O4. The minimum atomic E-state index is -0.635. The van der Waals surface area contributed by atoms with Crippen LogP contribution in [0.1, 0.15) is 162 Å². The largest absolute Gasteiger partial charge is 0.463 e. The van der Waals surface area contributed by atoms with E-state index in [1.807, 2.05) is 0 Å². The highest BCUT2D eigenvalue weighted by molar-refractivity contribution is 5.98. The van der Waals surface area contributed by atoms with Gasteiger partial charge in [0.05, 0.1) is 6.61 Å². The van der Waals surface area contributed by atoms with Crippen molar-refractivity contribution in [3.63, 3.8) is 0 Å². The van der Waals surface area contributed by atoms with Gasteiger partial charge in [-0.25, -0.2) is 0 Å². The molecule has 0 saturated carbocycles. The molecule has 0 amide bonds. The second-order valence-corrected chi connectivity index (χ2v) is 10.2. The molecule has 1 atom stereocenters. The number of esters is 1. The molecule has 0 aromatic carbocycles. The van der Waals surface area contributed by atoms with Gasteiger partial charge < -0.3 is 9.84 Å². The molecule has 0 fully saturated rings. The van der Waals surface area contributed by atoms with Crippen LogP contribution in [0.15, 0.2) is 0 Å². The number of aliphatic hydroxyl groups is 1. The Labute approximate surface area is 212 Å². The van der Waals surface area contributed by atoms with Crippen molar-refractivity contribution in [3.05, 3.63) is 0 Å². The number of hydrogen-bond acceptors (Lipinski definition) is 4. The molecule has 4 nitrogen and oxygen atoms in total. The van der Waals surface area contributed by atoms with E-state index in [4.69, 9.17) is 9.84 Å². The van der Waals surface area contributed by atoms with Crippen LogP contribution in [0.4, 0.5) is 0 Å². The van der Waals surface area contributed by atoms with Crippen molar-refractivity contribution in [2.45, 2.75) is 162 Å². The number of rotatable bonds is 27. The van der Waals surface area contributed by atoms with Gasteiger partial charge in [0.25, 0.3) is 0 Å². The number of carbonyl (C=O) groups is 2. The van der Waals surface area contributed by atoms with Gasteiger partial charge in [-0.05, 0) is 12.8 Å². The molecule has 0 bridgehead atoms. The monoisotopic (exact) mass is 482 g/mol. The highest BCUT2D eigenvalue weighted by Crippen LogP contribution is 2.19. The average molecular weight is 483 g/mol. The zero-order valence-corrected chi connectivity index (χ0v) is 22.9. The fraction of sp³-hybridized carbons (Fsp3) is 0.933. The van der Waals surface area contributed by atoms with Gasteiger partial charge in [-0.3, -0.25) is 9.59 Å². The smallest absolute Gasteiger partial charge is 0.316 e. The summed E-state index contributed by atoms with van der Waals surface area (Å²) in [5.41, 5.74) is 0. The first-order chi connectivity index (χ1) is 16.7. The zero-order valence-electron chi connectivity index (χ0n) is 22.9. The maximum absolute atomic E-state index is 12.7. The topological polar surface area (TPSA) is 63.6 Å². The molecule has 0 aliphatic carbocycles. The maximum Gasteiger partial charge on any atom is 0.316 e. The molecule has 202 valence electrons. The first-order valence-electron chi connectivity index (χ1n) is 15.0. The SMILES string of the molecule is CCCCCCCCCCCCCC(=O)C(CCCCCCCCCCCC)C(=O)OCCO. The van der Waals surface area contributed by atoms with E-state index in [-0.39, 0.29) is 19.0 Å². The molecule has 34 heavy (non-hydrogen) atoms. The highest BCUT2D eigenvalue weighted by atomic mass is 16.5. The minimum absolute atomic E-state index is 0.0148. The predicted octanol–water partition coefficient (Wildman–Crippen LogP) is 8.72. The molecule has 0 heterocycles. The van der Waals surface area contributed by atoms with Crippen LogP contribution in [0, 0.1) is 5.92 Å². The molecule has 0 aliphatic heterocycles. The first kappa shape index (κ1) is 33.1. The standard InChI is InChI=1S/C30H58O4/c1-3-5-7-9-11-13-15-17-19-21-23-25-29(32)28(30(33)34-27-26-31)24-22-20-18-16-14-12-10-8-6-4-2/h28,31H,3-27H2,1-2H3. The van der Waals surface area contributed by atoms with Crippen molar-refractivity contribution in [2.24, 2.45) is 5.92 Å². The molecule has 0 saturated heterocycles. The van der Waals surface area contributed by atoms with Crippen LogP contribution in [-0.2, 0) is 14.3 Å². The molecular weight excluding hydrogens is 424 g/mol. The van der Waals surface area contributed by atoms with Crippen LogP contribution < -0.4 is 0 Å². The Kier molecular flexibility index (Phi) is 26.0. The molecule has 0 aromatic rings. The third-order valence-corrected chi connectivity index (χ3v) is 6.88. The van der Waals surface area contributed by atoms with E-state index in [1.165, 1.54) is 109 Å². The third kappa shape index (κ3) is 21.6. The van der Waals surface area contributed by atoms with Crippen LogP contribution in [0.5, 0.6) is 0 Å². The number of aliphatic hydroxyl groups excluding tert-OH is 1. The van der Waals surface area contributed by atoms with E-state index in [0.717, 1.165) is 25.7 Å². The summed E-state index contributed by atoms with van der Waals surface area (Å²) in [6.45, 7) is 4.29. The molecule has 0 spiro atoms. The summed E-state index contributed by atoms with van der Waals surface area (Å²) in [6, 6.07) is 0. The van der Waals surface area contributed by atoms with E-state index in [0.29, 0.717) is 12.8 Å². The Morgan fingerprint density at radius 1 is 0.588 bits per heavy atom. The number of carbonyl (C=O) groups excluding carboxylic acids is 2. The Bertz CT molecular complexity index is 449. The summed E-state index contributed by atoms with van der Waals surface area (Å²) in [7, 11) is 0. The number of ether oxygens (including phenoxy) is 1. The van der Waals surface area contributed by atoms with Crippen molar-refractivity contribution in [1.82, 2.24) is 0 Å². The van der Waals surface area contributed by atoms with E-state index in [9.17, 15) is 9.59 Å². The molecule has 0 aromatic heterocycles. The van der Waals surface area contributed by atoms with Gasteiger partial charge in [-0.1, -0.05) is 142 Å². The lowest BCUT2D eigenvalue weighted by atomic mass is 9.92. The first-order valence-corrected chi connectivity index (χ1v) is 15.0. The zero-order chi connectivity index (χ0) is 25.1. The Morgan fingerprint density at radius 3 is 1.38 bits per heavy atom. The third-order valence-electron chi connectivity index (χ3n) is 6.88. The Morgan fingerprint density at radius 2 is 0.971 bits per heavy atom. The van der Waals surface area contributed by atoms with Gasteiger partial charge in [-0.2, -0.15) is 0 Å². The van der Waals surface area contributed by atoms with E-state index in [1.54, 1.807) is 0 Å².